The van der Waals surface area contributed by atoms with Crippen LogP contribution in [0.5, 0.6) is 0 Å². The molecule has 0 bridgehead atoms. The van der Waals surface area contributed by atoms with E-state index in [4.69, 9.17) is 0 Å². The lowest BCUT2D eigenvalue weighted by molar-refractivity contribution is 0.0986. The molecule has 0 radical (unpaired) electrons. The summed E-state index contributed by atoms with van der Waals surface area (Å²) < 4.78 is 26.7. The second-order valence-corrected chi connectivity index (χ2v) is 11.0. The third-order valence-electron chi connectivity index (χ3n) is 4.43. The summed E-state index contributed by atoms with van der Waals surface area (Å²) in [7, 11) is -0.715. The maximum Gasteiger partial charge on any atom is 0.258 e. The molecular formula is C19H21BrN2O3S2. The highest BCUT2D eigenvalue weighted by Crippen LogP contribution is 2.38. The van der Waals surface area contributed by atoms with Crippen molar-refractivity contribution in [3.8, 4) is 0 Å². The molecule has 27 heavy (non-hydrogen) atoms. The fourth-order valence-electron chi connectivity index (χ4n) is 2.88. The number of anilines is 1. The molecule has 0 N–H and O–H groups in total. The highest BCUT2D eigenvalue weighted by molar-refractivity contribution is 9.10. The predicted octanol–water partition coefficient (Wildman–Crippen LogP) is 4.23. The third-order valence-corrected chi connectivity index (χ3v) is 8.47. The van der Waals surface area contributed by atoms with Crippen molar-refractivity contribution < 1.29 is 13.2 Å². The van der Waals surface area contributed by atoms with Gasteiger partial charge in [-0.25, -0.2) is 12.7 Å². The Balaban J connectivity index is 2.04. The van der Waals surface area contributed by atoms with Crippen molar-refractivity contribution in [3.05, 3.63) is 52.5 Å². The Bertz CT molecular complexity index is 977. The monoisotopic (exact) mass is 468 g/mol. The SMILES string of the molecule is C[C@@H]1CCN(C(=O)c2ccc(Br)c(S(=O)(=O)N(C)C)c2)c2ccccc2S1. The summed E-state index contributed by atoms with van der Waals surface area (Å²) in [6, 6.07) is 12.6. The van der Waals surface area contributed by atoms with Gasteiger partial charge < -0.3 is 4.90 Å². The number of nitrogens with zero attached hydrogens (tertiary/aromatic N) is 2. The average Bonchev–Trinajstić information content (AvgIpc) is 2.79. The van der Waals surface area contributed by atoms with Crippen molar-refractivity contribution in [2.45, 2.75) is 28.4 Å². The van der Waals surface area contributed by atoms with E-state index in [0.29, 0.717) is 21.8 Å². The molecule has 1 heterocycles. The van der Waals surface area contributed by atoms with Crippen molar-refractivity contribution >= 4 is 49.3 Å². The van der Waals surface area contributed by atoms with Gasteiger partial charge in [0.2, 0.25) is 10.0 Å². The Hall–Kier alpha value is -1.35. The highest BCUT2D eigenvalue weighted by Gasteiger charge is 2.27. The van der Waals surface area contributed by atoms with Gasteiger partial charge >= 0.3 is 0 Å². The van der Waals surface area contributed by atoms with Gasteiger partial charge in [-0.1, -0.05) is 19.1 Å². The minimum Gasteiger partial charge on any atom is -0.307 e. The molecule has 0 unspecified atom stereocenters. The number of amides is 1. The van der Waals surface area contributed by atoms with Crippen molar-refractivity contribution in [1.29, 1.82) is 0 Å². The van der Waals surface area contributed by atoms with E-state index in [0.717, 1.165) is 21.3 Å². The predicted molar refractivity (Wildman–Crippen MR) is 113 cm³/mol. The minimum atomic E-state index is -3.66. The average molecular weight is 469 g/mol. The van der Waals surface area contributed by atoms with E-state index in [1.807, 2.05) is 24.3 Å². The summed E-state index contributed by atoms with van der Waals surface area (Å²) in [5, 5.41) is 0.401. The molecule has 2 aromatic carbocycles. The maximum absolute atomic E-state index is 13.3. The molecule has 5 nitrogen and oxygen atoms in total. The molecule has 0 aromatic heterocycles. The molecule has 1 aliphatic rings. The Labute approximate surface area is 172 Å². The Morgan fingerprint density at radius 3 is 2.63 bits per heavy atom. The molecule has 0 spiro atoms. The first-order valence-corrected chi connectivity index (χ1v) is 11.6. The number of rotatable bonds is 3. The number of sulfonamides is 1. The number of para-hydroxylation sites is 1. The van der Waals surface area contributed by atoms with E-state index in [1.54, 1.807) is 28.8 Å². The van der Waals surface area contributed by atoms with Crippen molar-refractivity contribution in [2.75, 3.05) is 25.5 Å². The molecule has 0 fully saturated rings. The van der Waals surface area contributed by atoms with Crippen LogP contribution in [-0.4, -0.2) is 44.5 Å². The van der Waals surface area contributed by atoms with Gasteiger partial charge in [-0.3, -0.25) is 4.79 Å². The Kier molecular flexibility index (Phi) is 6.00. The first-order valence-electron chi connectivity index (χ1n) is 8.51. The number of hydrogen-bond acceptors (Lipinski definition) is 4. The zero-order valence-electron chi connectivity index (χ0n) is 15.3. The molecule has 8 heteroatoms. The number of halogens is 1. The van der Waals surface area contributed by atoms with Gasteiger partial charge in [0.05, 0.1) is 10.6 Å². The van der Waals surface area contributed by atoms with Crippen LogP contribution in [-0.2, 0) is 10.0 Å². The summed E-state index contributed by atoms with van der Waals surface area (Å²) >= 11 is 5.05. The maximum atomic E-state index is 13.3. The molecule has 3 rings (SSSR count). The largest absolute Gasteiger partial charge is 0.307 e. The van der Waals surface area contributed by atoms with Crippen LogP contribution in [0.15, 0.2) is 56.7 Å². The van der Waals surface area contributed by atoms with E-state index >= 15 is 0 Å². The lowest BCUT2D eigenvalue weighted by atomic mass is 10.1. The normalized spacial score (nSPS) is 17.5. The van der Waals surface area contributed by atoms with Crippen LogP contribution in [0.4, 0.5) is 5.69 Å². The van der Waals surface area contributed by atoms with Gasteiger partial charge in [-0.15, -0.1) is 11.8 Å². The zero-order chi connectivity index (χ0) is 19.8. The number of thioether (sulfide) groups is 1. The highest BCUT2D eigenvalue weighted by atomic mass is 79.9. The van der Waals surface area contributed by atoms with Gasteiger partial charge in [-0.2, -0.15) is 0 Å². The topological polar surface area (TPSA) is 57.7 Å². The molecule has 144 valence electrons. The second-order valence-electron chi connectivity index (χ2n) is 6.57. The molecule has 1 amide bonds. The lowest BCUT2D eigenvalue weighted by Gasteiger charge is -2.23. The fourth-order valence-corrected chi connectivity index (χ4v) is 5.84. The van der Waals surface area contributed by atoms with E-state index in [2.05, 4.69) is 22.9 Å². The summed E-state index contributed by atoms with van der Waals surface area (Å²) in [5.74, 6) is -0.195. The molecule has 2 aromatic rings. The van der Waals surface area contributed by atoms with E-state index in [9.17, 15) is 13.2 Å². The number of fused-ring (bicyclic) bond motifs is 1. The summed E-state index contributed by atoms with van der Waals surface area (Å²) in [6.07, 6.45) is 0.866. The number of benzene rings is 2. The number of hydrogen-bond donors (Lipinski definition) is 0. The van der Waals surface area contributed by atoms with Gasteiger partial charge in [0, 0.05) is 40.8 Å². The van der Waals surface area contributed by atoms with Crippen LogP contribution in [0.2, 0.25) is 0 Å². The van der Waals surface area contributed by atoms with Gasteiger partial charge in [0.1, 0.15) is 0 Å². The van der Waals surface area contributed by atoms with Crippen LogP contribution >= 0.6 is 27.7 Å². The number of carbonyl (C=O) groups excluding carboxylic acids is 1. The Morgan fingerprint density at radius 1 is 1.22 bits per heavy atom. The second kappa shape index (κ2) is 7.95. The molecule has 0 saturated carbocycles. The van der Waals surface area contributed by atoms with E-state index in [1.165, 1.54) is 20.2 Å². The minimum absolute atomic E-state index is 0.0872. The standard InChI is InChI=1S/C19H21BrN2O3S2/c1-13-10-11-22(16-6-4-5-7-17(16)26-13)19(23)14-8-9-15(20)18(12-14)27(24,25)21(2)3/h4-9,12-13H,10-11H2,1-3H3/t13-/m1/s1. The quantitative estimate of drug-likeness (QED) is 0.675. The molecule has 1 atom stereocenters. The van der Waals surface area contributed by atoms with Crippen molar-refractivity contribution in [2.24, 2.45) is 0 Å². The van der Waals surface area contributed by atoms with Crippen LogP contribution in [0.1, 0.15) is 23.7 Å². The summed E-state index contributed by atoms with van der Waals surface area (Å²) in [4.78, 5) is 16.2. The van der Waals surface area contributed by atoms with Crippen LogP contribution in [0.25, 0.3) is 0 Å². The third kappa shape index (κ3) is 4.08. The van der Waals surface area contributed by atoms with Crippen LogP contribution in [0, 0.1) is 0 Å². The van der Waals surface area contributed by atoms with E-state index in [-0.39, 0.29) is 10.8 Å². The fraction of sp³-hybridized carbons (Fsp3) is 0.316. The first-order chi connectivity index (χ1) is 12.7. The summed E-state index contributed by atoms with van der Waals surface area (Å²) in [6.45, 7) is 2.74. The van der Waals surface area contributed by atoms with E-state index < -0.39 is 10.0 Å². The smallest absolute Gasteiger partial charge is 0.258 e. The number of carbonyl (C=O) groups is 1. The summed E-state index contributed by atoms with van der Waals surface area (Å²) in [5.41, 5.74) is 1.23. The van der Waals surface area contributed by atoms with Gasteiger partial charge in [-0.05, 0) is 52.7 Å². The molecule has 1 aliphatic heterocycles. The lowest BCUT2D eigenvalue weighted by Crippen LogP contribution is -2.32. The molecular weight excluding hydrogens is 448 g/mol. The zero-order valence-corrected chi connectivity index (χ0v) is 18.6. The molecule has 0 aliphatic carbocycles. The van der Waals surface area contributed by atoms with Gasteiger partial charge in [0.15, 0.2) is 0 Å². The van der Waals surface area contributed by atoms with Crippen LogP contribution < -0.4 is 4.90 Å². The Morgan fingerprint density at radius 2 is 1.93 bits per heavy atom. The van der Waals surface area contributed by atoms with Crippen molar-refractivity contribution in [1.82, 2.24) is 4.31 Å². The van der Waals surface area contributed by atoms with Crippen molar-refractivity contribution in [3.63, 3.8) is 0 Å². The van der Waals surface area contributed by atoms with Crippen LogP contribution in [0.3, 0.4) is 0 Å². The van der Waals surface area contributed by atoms with Gasteiger partial charge in [0.25, 0.3) is 5.91 Å². The first kappa shape index (κ1) is 20.4. The molecule has 0 saturated heterocycles.